The van der Waals surface area contributed by atoms with Crippen molar-refractivity contribution in [2.45, 2.75) is 10.8 Å². The number of halogens is 1. The minimum atomic E-state index is -0.403. The van der Waals surface area contributed by atoms with Crippen LogP contribution in [0.5, 0.6) is 0 Å². The predicted molar refractivity (Wildman–Crippen MR) is 104 cm³/mol. The first-order valence-corrected chi connectivity index (χ1v) is 9.75. The summed E-state index contributed by atoms with van der Waals surface area (Å²) < 4.78 is 14.2. The van der Waals surface area contributed by atoms with Crippen molar-refractivity contribution >= 4 is 45.7 Å². The Balaban J connectivity index is 1.46. The van der Waals surface area contributed by atoms with E-state index in [4.69, 9.17) is 0 Å². The minimum Gasteiger partial charge on any atom is -0.328 e. The maximum absolute atomic E-state index is 13.6. The van der Waals surface area contributed by atoms with Gasteiger partial charge in [0, 0.05) is 0 Å². The average Bonchev–Trinajstić information content (AvgIpc) is 3.10. The molecule has 0 bridgehead atoms. The molecule has 0 saturated carbocycles. The zero-order valence-electron chi connectivity index (χ0n) is 14.0. The van der Waals surface area contributed by atoms with Gasteiger partial charge in [-0.1, -0.05) is 65.6 Å². The van der Waals surface area contributed by atoms with Gasteiger partial charge in [-0.2, -0.15) is 0 Å². The van der Waals surface area contributed by atoms with Gasteiger partial charge < -0.3 is 5.32 Å². The third-order valence-corrected chi connectivity index (χ3v) is 5.31. The highest BCUT2D eigenvalue weighted by molar-refractivity contribution is 8.01. The first kappa shape index (κ1) is 19.0. The van der Waals surface area contributed by atoms with E-state index >= 15 is 0 Å². The van der Waals surface area contributed by atoms with Crippen LogP contribution in [0.25, 0.3) is 0 Å². The number of benzene rings is 2. The first-order chi connectivity index (χ1) is 13.1. The second-order valence-electron chi connectivity index (χ2n) is 5.40. The Hall–Kier alpha value is -2.78. The number of nitrogens with one attached hydrogen (secondary N) is 2. The molecule has 2 aromatic carbocycles. The first-order valence-electron chi connectivity index (χ1n) is 7.94. The third-order valence-electron chi connectivity index (χ3n) is 3.34. The number of carbonyl (C=O) groups is 2. The quantitative estimate of drug-likeness (QED) is 0.590. The zero-order valence-corrected chi connectivity index (χ0v) is 15.6. The Bertz CT molecular complexity index is 934. The van der Waals surface area contributed by atoms with Crippen LogP contribution in [-0.2, 0) is 16.0 Å². The highest BCUT2D eigenvalue weighted by Gasteiger charge is 2.12. The molecular weight excluding hydrogens is 387 g/mol. The van der Waals surface area contributed by atoms with Gasteiger partial charge in [0.25, 0.3) is 0 Å². The van der Waals surface area contributed by atoms with Gasteiger partial charge in [-0.3, -0.25) is 14.9 Å². The monoisotopic (exact) mass is 402 g/mol. The molecule has 0 aliphatic rings. The molecule has 27 heavy (non-hydrogen) atoms. The van der Waals surface area contributed by atoms with Crippen molar-refractivity contribution in [2.24, 2.45) is 0 Å². The Kier molecular flexibility index (Phi) is 6.50. The van der Waals surface area contributed by atoms with E-state index in [2.05, 4.69) is 20.8 Å². The van der Waals surface area contributed by atoms with Crippen molar-refractivity contribution in [3.8, 4) is 0 Å². The molecule has 0 unspecified atom stereocenters. The smallest absolute Gasteiger partial charge is 0.237 e. The summed E-state index contributed by atoms with van der Waals surface area (Å²) in [5, 5.41) is 13.5. The van der Waals surface area contributed by atoms with Gasteiger partial charge in [0.2, 0.25) is 16.9 Å². The van der Waals surface area contributed by atoms with Crippen molar-refractivity contribution in [1.82, 2.24) is 15.5 Å². The molecule has 0 aliphatic carbocycles. The molecule has 2 N–H and O–H groups in total. The Morgan fingerprint density at radius 3 is 2.52 bits per heavy atom. The van der Waals surface area contributed by atoms with E-state index in [9.17, 15) is 14.0 Å². The summed E-state index contributed by atoms with van der Waals surface area (Å²) in [5.74, 6) is -1.11. The van der Waals surface area contributed by atoms with Crippen molar-refractivity contribution in [2.75, 3.05) is 11.1 Å². The number of nitrogens with zero attached hydrogens (tertiary/aromatic N) is 2. The van der Waals surface area contributed by atoms with Crippen LogP contribution < -0.4 is 10.6 Å². The van der Waals surface area contributed by atoms with Gasteiger partial charge in [-0.05, 0) is 17.7 Å². The standard InChI is InChI=1S/C18H15FN4O2S2/c19-13-8-4-5-9-14(13)20-17-22-23-18(27-17)26-11-16(25)21-15(24)10-12-6-2-1-3-7-12/h1-9H,10-11H2,(H,20,22)(H,21,24,25). The summed E-state index contributed by atoms with van der Waals surface area (Å²) in [6.07, 6.45) is 0.146. The molecule has 0 aliphatic heterocycles. The SMILES string of the molecule is O=C(CSc1nnc(Nc2ccccc2F)s1)NC(=O)Cc1ccccc1. The normalized spacial score (nSPS) is 10.4. The van der Waals surface area contributed by atoms with Crippen LogP contribution >= 0.6 is 23.1 Å². The number of anilines is 2. The number of thioether (sulfide) groups is 1. The second-order valence-corrected chi connectivity index (χ2v) is 7.60. The molecule has 138 valence electrons. The molecule has 6 nitrogen and oxygen atoms in total. The molecule has 0 radical (unpaired) electrons. The predicted octanol–water partition coefficient (Wildman–Crippen LogP) is 3.40. The molecule has 0 atom stereocenters. The molecule has 0 saturated heterocycles. The summed E-state index contributed by atoms with van der Waals surface area (Å²) in [6, 6.07) is 15.4. The van der Waals surface area contributed by atoms with E-state index in [1.807, 2.05) is 30.3 Å². The molecule has 3 aromatic rings. The number of imide groups is 1. The lowest BCUT2D eigenvalue weighted by atomic mass is 10.1. The summed E-state index contributed by atoms with van der Waals surface area (Å²) in [5.41, 5.74) is 1.14. The number of para-hydroxylation sites is 1. The van der Waals surface area contributed by atoms with E-state index in [-0.39, 0.29) is 18.1 Å². The summed E-state index contributed by atoms with van der Waals surface area (Å²) in [4.78, 5) is 23.8. The number of carbonyl (C=O) groups excluding carboxylic acids is 2. The number of aromatic nitrogens is 2. The summed E-state index contributed by atoms with van der Waals surface area (Å²) in [6.45, 7) is 0. The van der Waals surface area contributed by atoms with Gasteiger partial charge in [0.1, 0.15) is 5.82 Å². The third kappa shape index (κ3) is 5.87. The Labute approximate surface area is 163 Å². The van der Waals surface area contributed by atoms with Crippen molar-refractivity contribution in [1.29, 1.82) is 0 Å². The van der Waals surface area contributed by atoms with Crippen LogP contribution in [-0.4, -0.2) is 27.8 Å². The summed E-state index contributed by atoms with van der Waals surface area (Å²) in [7, 11) is 0. The van der Waals surface area contributed by atoms with Gasteiger partial charge in [0.05, 0.1) is 17.9 Å². The highest BCUT2D eigenvalue weighted by atomic mass is 32.2. The number of hydrogen-bond acceptors (Lipinski definition) is 7. The van der Waals surface area contributed by atoms with Crippen LogP contribution in [0, 0.1) is 5.82 Å². The van der Waals surface area contributed by atoms with Crippen LogP contribution in [0.3, 0.4) is 0 Å². The van der Waals surface area contributed by atoms with Gasteiger partial charge in [0.15, 0.2) is 4.34 Å². The van der Waals surface area contributed by atoms with E-state index in [0.717, 1.165) is 17.3 Å². The fourth-order valence-electron chi connectivity index (χ4n) is 2.14. The number of amides is 2. The van der Waals surface area contributed by atoms with Crippen LogP contribution in [0.4, 0.5) is 15.2 Å². The largest absolute Gasteiger partial charge is 0.328 e. The van der Waals surface area contributed by atoms with E-state index in [1.165, 1.54) is 17.4 Å². The van der Waals surface area contributed by atoms with Gasteiger partial charge >= 0.3 is 0 Å². The number of hydrogen-bond donors (Lipinski definition) is 2. The van der Waals surface area contributed by atoms with Gasteiger partial charge in [-0.25, -0.2) is 4.39 Å². The van der Waals surface area contributed by atoms with E-state index in [0.29, 0.717) is 15.2 Å². The van der Waals surface area contributed by atoms with E-state index in [1.54, 1.807) is 18.2 Å². The van der Waals surface area contributed by atoms with Crippen molar-refractivity contribution < 1.29 is 14.0 Å². The lowest BCUT2D eigenvalue weighted by Gasteiger charge is -2.03. The molecule has 0 spiro atoms. The van der Waals surface area contributed by atoms with Crippen LogP contribution in [0.1, 0.15) is 5.56 Å². The average molecular weight is 402 g/mol. The van der Waals surface area contributed by atoms with Crippen molar-refractivity contribution in [3.63, 3.8) is 0 Å². The van der Waals surface area contributed by atoms with Crippen molar-refractivity contribution in [3.05, 3.63) is 66.0 Å². The molecular formula is C18H15FN4O2S2. The lowest BCUT2D eigenvalue weighted by molar-refractivity contribution is -0.128. The highest BCUT2D eigenvalue weighted by Crippen LogP contribution is 2.28. The molecule has 9 heteroatoms. The molecule has 2 amide bonds. The zero-order chi connectivity index (χ0) is 19.1. The number of rotatable bonds is 7. The molecule has 0 fully saturated rings. The van der Waals surface area contributed by atoms with E-state index < -0.39 is 11.7 Å². The Morgan fingerprint density at radius 1 is 1.00 bits per heavy atom. The topological polar surface area (TPSA) is 84.0 Å². The second kappa shape index (κ2) is 9.24. The van der Waals surface area contributed by atoms with Crippen LogP contribution in [0.2, 0.25) is 0 Å². The maximum Gasteiger partial charge on any atom is 0.237 e. The minimum absolute atomic E-state index is 0.0366. The maximum atomic E-state index is 13.6. The fraction of sp³-hybridized carbons (Fsp3) is 0.111. The lowest BCUT2D eigenvalue weighted by Crippen LogP contribution is -2.33. The van der Waals surface area contributed by atoms with Crippen LogP contribution in [0.15, 0.2) is 58.9 Å². The Morgan fingerprint density at radius 2 is 1.74 bits per heavy atom. The van der Waals surface area contributed by atoms with Gasteiger partial charge in [-0.15, -0.1) is 10.2 Å². The molecule has 1 aromatic heterocycles. The molecule has 3 rings (SSSR count). The summed E-state index contributed by atoms with van der Waals surface area (Å²) >= 11 is 2.36. The fourth-order valence-corrected chi connectivity index (χ4v) is 3.70. The molecule has 1 heterocycles.